The number of benzene rings is 7. The van der Waals surface area contributed by atoms with Gasteiger partial charge in [-0.25, -0.2) is 15.0 Å². The Morgan fingerprint density at radius 3 is 1.42 bits per heavy atom. The summed E-state index contributed by atoms with van der Waals surface area (Å²) in [6, 6.07) is 58.1. The van der Waals surface area contributed by atoms with Gasteiger partial charge in [-0.15, -0.1) is 0 Å². The Labute approximate surface area is 305 Å². The average molecular weight is 670 g/mol. The van der Waals surface area contributed by atoms with Crippen LogP contribution in [0.25, 0.3) is 78.3 Å². The molecule has 0 N–H and O–H groups in total. The van der Waals surface area contributed by atoms with Crippen LogP contribution in [0.3, 0.4) is 0 Å². The quantitative estimate of drug-likeness (QED) is 0.183. The van der Waals surface area contributed by atoms with Gasteiger partial charge >= 0.3 is 0 Å². The van der Waals surface area contributed by atoms with Crippen molar-refractivity contribution in [3.63, 3.8) is 0 Å². The number of aromatic nitrogens is 3. The Kier molecular flexibility index (Phi) is 7.48. The van der Waals surface area contributed by atoms with Crippen molar-refractivity contribution in [2.24, 2.45) is 0 Å². The summed E-state index contributed by atoms with van der Waals surface area (Å²) in [5.74, 6) is 1.98. The Hall–Kier alpha value is -6.19. The highest BCUT2D eigenvalue weighted by Crippen LogP contribution is 2.56. The fourth-order valence-corrected chi connectivity index (χ4v) is 8.12. The molecule has 9 rings (SSSR count). The summed E-state index contributed by atoms with van der Waals surface area (Å²) in [6.07, 6.45) is 0. The van der Waals surface area contributed by atoms with Gasteiger partial charge in [-0.3, -0.25) is 0 Å². The molecule has 0 amide bonds. The summed E-state index contributed by atoms with van der Waals surface area (Å²) in [4.78, 5) is 15.1. The highest BCUT2D eigenvalue weighted by molar-refractivity contribution is 6.04. The average Bonchev–Trinajstić information content (AvgIpc) is 3.20. The maximum Gasteiger partial charge on any atom is 0.164 e. The van der Waals surface area contributed by atoms with Gasteiger partial charge in [0.25, 0.3) is 0 Å². The summed E-state index contributed by atoms with van der Waals surface area (Å²) >= 11 is 0. The van der Waals surface area contributed by atoms with Crippen LogP contribution in [0.2, 0.25) is 0 Å². The second kappa shape index (κ2) is 12.2. The molecule has 1 heterocycles. The molecule has 0 unspecified atom stereocenters. The van der Waals surface area contributed by atoms with E-state index in [1.54, 1.807) is 0 Å². The zero-order chi connectivity index (χ0) is 35.5. The highest BCUT2D eigenvalue weighted by atomic mass is 15.0. The molecule has 0 spiro atoms. The third-order valence-corrected chi connectivity index (χ3v) is 11.5. The van der Waals surface area contributed by atoms with Crippen LogP contribution in [-0.4, -0.2) is 15.0 Å². The fraction of sp³-hybridized carbons (Fsp3) is 0.122. The van der Waals surface area contributed by atoms with Crippen LogP contribution in [0.4, 0.5) is 0 Å². The highest BCUT2D eigenvalue weighted by Gasteiger charge is 2.47. The first kappa shape index (κ1) is 31.8. The summed E-state index contributed by atoms with van der Waals surface area (Å²) in [5, 5.41) is 2.27. The van der Waals surface area contributed by atoms with E-state index in [0.717, 1.165) is 27.5 Å². The SMILES string of the molecule is CC1(C)c2ccc(-c3cccc4c(-c5nc(-c6ccccc6)nc(-c6ccccc6)n5)cccc34)cc2-c2cccc(-c3ccccc3)c2C1(C)C. The van der Waals surface area contributed by atoms with Gasteiger partial charge in [-0.1, -0.05) is 185 Å². The second-order valence-electron chi connectivity index (χ2n) is 14.8. The van der Waals surface area contributed by atoms with Crippen molar-refractivity contribution in [2.75, 3.05) is 0 Å². The topological polar surface area (TPSA) is 38.7 Å². The van der Waals surface area contributed by atoms with E-state index in [2.05, 4.69) is 155 Å². The van der Waals surface area contributed by atoms with Gasteiger partial charge in [-0.2, -0.15) is 0 Å². The molecule has 8 aromatic rings. The lowest BCUT2D eigenvalue weighted by atomic mass is 9.54. The number of nitrogens with zero attached hydrogens (tertiary/aromatic N) is 3. The molecule has 0 bridgehead atoms. The van der Waals surface area contributed by atoms with E-state index in [1.165, 1.54) is 44.5 Å². The Morgan fingerprint density at radius 1 is 0.327 bits per heavy atom. The molecule has 3 nitrogen and oxygen atoms in total. The van der Waals surface area contributed by atoms with Gasteiger partial charge in [0.2, 0.25) is 0 Å². The van der Waals surface area contributed by atoms with Crippen LogP contribution in [0.1, 0.15) is 38.8 Å². The molecule has 250 valence electrons. The van der Waals surface area contributed by atoms with Crippen LogP contribution in [0.15, 0.2) is 164 Å². The summed E-state index contributed by atoms with van der Waals surface area (Å²) in [6.45, 7) is 9.63. The molecule has 0 aliphatic heterocycles. The third kappa shape index (κ3) is 5.07. The zero-order valence-electron chi connectivity index (χ0n) is 29.9. The molecule has 3 heteroatoms. The van der Waals surface area contributed by atoms with E-state index in [0.29, 0.717) is 17.5 Å². The molecule has 0 saturated carbocycles. The lowest BCUT2D eigenvalue weighted by Crippen LogP contribution is -2.44. The first-order valence-electron chi connectivity index (χ1n) is 18.0. The van der Waals surface area contributed by atoms with Gasteiger partial charge in [-0.05, 0) is 66.8 Å². The van der Waals surface area contributed by atoms with Crippen molar-refractivity contribution in [1.82, 2.24) is 15.0 Å². The summed E-state index contributed by atoms with van der Waals surface area (Å²) < 4.78 is 0. The van der Waals surface area contributed by atoms with E-state index in [9.17, 15) is 0 Å². The minimum Gasteiger partial charge on any atom is -0.208 e. The molecular weight excluding hydrogens is 631 g/mol. The van der Waals surface area contributed by atoms with E-state index in [4.69, 9.17) is 15.0 Å². The normalized spacial score (nSPS) is 14.1. The van der Waals surface area contributed by atoms with Crippen molar-refractivity contribution in [3.05, 3.63) is 175 Å². The van der Waals surface area contributed by atoms with Crippen LogP contribution in [0.5, 0.6) is 0 Å². The fourth-order valence-electron chi connectivity index (χ4n) is 8.12. The van der Waals surface area contributed by atoms with Crippen LogP contribution in [0, 0.1) is 0 Å². The second-order valence-corrected chi connectivity index (χ2v) is 14.8. The molecule has 7 aromatic carbocycles. The lowest BCUT2D eigenvalue weighted by Gasteiger charge is -2.49. The Balaban J connectivity index is 1.22. The van der Waals surface area contributed by atoms with E-state index in [-0.39, 0.29) is 10.8 Å². The summed E-state index contributed by atoms with van der Waals surface area (Å²) in [7, 11) is 0. The van der Waals surface area contributed by atoms with Gasteiger partial charge < -0.3 is 0 Å². The number of rotatable bonds is 5. The van der Waals surface area contributed by atoms with E-state index < -0.39 is 0 Å². The van der Waals surface area contributed by atoms with Crippen molar-refractivity contribution in [1.29, 1.82) is 0 Å². The predicted octanol–water partition coefficient (Wildman–Crippen LogP) is 12.6. The monoisotopic (exact) mass is 669 g/mol. The maximum atomic E-state index is 5.08. The number of hydrogen-bond donors (Lipinski definition) is 0. The first-order valence-corrected chi connectivity index (χ1v) is 18.0. The Morgan fingerprint density at radius 2 is 0.808 bits per heavy atom. The van der Waals surface area contributed by atoms with Crippen molar-refractivity contribution in [3.8, 4) is 67.5 Å². The van der Waals surface area contributed by atoms with Gasteiger partial charge in [0.15, 0.2) is 17.5 Å². The molecule has 1 aliphatic rings. The van der Waals surface area contributed by atoms with Crippen LogP contribution < -0.4 is 0 Å². The van der Waals surface area contributed by atoms with Crippen molar-refractivity contribution in [2.45, 2.75) is 38.5 Å². The van der Waals surface area contributed by atoms with Gasteiger partial charge in [0.1, 0.15) is 0 Å². The van der Waals surface area contributed by atoms with Crippen molar-refractivity contribution < 1.29 is 0 Å². The number of fused-ring (bicyclic) bond motifs is 4. The molecule has 1 aromatic heterocycles. The van der Waals surface area contributed by atoms with Gasteiger partial charge in [0.05, 0.1) is 0 Å². The third-order valence-electron chi connectivity index (χ3n) is 11.5. The lowest BCUT2D eigenvalue weighted by molar-refractivity contribution is 0.300. The molecule has 1 aliphatic carbocycles. The van der Waals surface area contributed by atoms with Crippen molar-refractivity contribution >= 4 is 10.8 Å². The first-order chi connectivity index (χ1) is 25.3. The molecule has 0 fully saturated rings. The largest absolute Gasteiger partial charge is 0.208 e. The van der Waals surface area contributed by atoms with Crippen LogP contribution >= 0.6 is 0 Å². The standard InChI is InChI=1S/C49H39N3/c1-48(2)43-30-29-35(31-42(43)40-27-15-24-37(44(40)49(48,3)4)32-17-8-5-9-18-32)36-23-14-26-39-38(36)25-16-28-41(39)47-51-45(33-19-10-6-11-20-33)50-46(52-47)34-21-12-7-13-22-34/h5-31H,1-4H3. The van der Waals surface area contributed by atoms with Gasteiger partial charge in [0, 0.05) is 22.1 Å². The van der Waals surface area contributed by atoms with Crippen LogP contribution in [-0.2, 0) is 10.8 Å². The molecule has 52 heavy (non-hydrogen) atoms. The molecule has 0 radical (unpaired) electrons. The molecular formula is C49H39N3. The van der Waals surface area contributed by atoms with E-state index in [1.807, 2.05) is 36.4 Å². The predicted molar refractivity (Wildman–Crippen MR) is 216 cm³/mol. The zero-order valence-corrected chi connectivity index (χ0v) is 29.9. The smallest absolute Gasteiger partial charge is 0.164 e. The summed E-state index contributed by atoms with van der Waals surface area (Å²) in [5.41, 5.74) is 13.1. The molecule has 0 atom stereocenters. The van der Waals surface area contributed by atoms with E-state index >= 15 is 0 Å². The molecule has 0 saturated heterocycles. The Bertz CT molecular complexity index is 2550. The number of hydrogen-bond acceptors (Lipinski definition) is 3. The minimum atomic E-state index is -0.101. The minimum absolute atomic E-state index is 0.0978. The maximum absolute atomic E-state index is 5.08.